The molecule has 0 radical (unpaired) electrons. The Bertz CT molecular complexity index is 959. The number of H-pyrrole nitrogens is 1. The topological polar surface area (TPSA) is 57.8 Å². The van der Waals surface area contributed by atoms with Crippen LogP contribution < -0.4 is 5.32 Å². The summed E-state index contributed by atoms with van der Waals surface area (Å²) in [6.07, 6.45) is 2.32. The third kappa shape index (κ3) is 2.99. The van der Waals surface area contributed by atoms with Crippen molar-refractivity contribution in [3.8, 4) is 0 Å². The maximum atomic E-state index is 13.4. The summed E-state index contributed by atoms with van der Waals surface area (Å²) in [4.78, 5) is 13.4. The van der Waals surface area contributed by atoms with Gasteiger partial charge in [-0.05, 0) is 36.2 Å². The second kappa shape index (κ2) is 6.07. The van der Waals surface area contributed by atoms with Crippen molar-refractivity contribution >= 4 is 11.6 Å². The standard InChI is InChI=1S/C24H31N3O/c1-22(2,3)12-17-20-21(27-26-17)25-16-13-23(4,5)14-18(28)19(16)24(20,6)15-10-8-7-9-11-15/h7-11H,12-14H2,1-6H3,(H2,25,26,27)/t24-/m0/s1. The average Bonchev–Trinajstić information content (AvgIpc) is 2.95. The molecular formula is C24H31N3O. The van der Waals surface area contributed by atoms with Gasteiger partial charge in [-0.2, -0.15) is 5.10 Å². The van der Waals surface area contributed by atoms with Gasteiger partial charge in [-0.15, -0.1) is 0 Å². The number of aromatic amines is 1. The number of rotatable bonds is 2. The summed E-state index contributed by atoms with van der Waals surface area (Å²) >= 11 is 0. The smallest absolute Gasteiger partial charge is 0.162 e. The Morgan fingerprint density at radius 1 is 1.07 bits per heavy atom. The third-order valence-corrected chi connectivity index (χ3v) is 6.04. The van der Waals surface area contributed by atoms with Crippen LogP contribution in [0.2, 0.25) is 0 Å². The molecule has 1 aliphatic heterocycles. The van der Waals surface area contributed by atoms with Crippen molar-refractivity contribution in [1.29, 1.82) is 0 Å². The molecule has 2 aliphatic rings. The highest BCUT2D eigenvalue weighted by Crippen LogP contribution is 2.53. The Balaban J connectivity index is 1.98. The number of anilines is 1. The van der Waals surface area contributed by atoms with Gasteiger partial charge in [0.15, 0.2) is 11.6 Å². The molecule has 0 unspecified atom stereocenters. The Labute approximate surface area is 167 Å². The van der Waals surface area contributed by atoms with Gasteiger partial charge < -0.3 is 5.32 Å². The first-order chi connectivity index (χ1) is 13.0. The minimum absolute atomic E-state index is 0.0391. The first kappa shape index (κ1) is 19.0. The largest absolute Gasteiger partial charge is 0.342 e. The van der Waals surface area contributed by atoms with Gasteiger partial charge in [-0.1, -0.05) is 65.0 Å². The normalized spacial score (nSPS) is 23.9. The second-order valence-electron chi connectivity index (χ2n) is 10.6. The maximum absolute atomic E-state index is 13.4. The first-order valence-electron chi connectivity index (χ1n) is 10.2. The van der Waals surface area contributed by atoms with E-state index in [0.29, 0.717) is 6.42 Å². The predicted octanol–water partition coefficient (Wildman–Crippen LogP) is 5.37. The van der Waals surface area contributed by atoms with Crippen molar-refractivity contribution in [2.75, 3.05) is 5.32 Å². The van der Waals surface area contributed by atoms with Crippen LogP contribution in [0.1, 0.15) is 71.2 Å². The summed E-state index contributed by atoms with van der Waals surface area (Å²) in [7, 11) is 0. The lowest BCUT2D eigenvalue weighted by atomic mass is 9.61. The van der Waals surface area contributed by atoms with E-state index in [0.717, 1.165) is 46.8 Å². The molecule has 4 nitrogen and oxygen atoms in total. The van der Waals surface area contributed by atoms with E-state index in [-0.39, 0.29) is 16.6 Å². The van der Waals surface area contributed by atoms with Crippen LogP contribution in [0.15, 0.2) is 41.6 Å². The van der Waals surface area contributed by atoms with Crippen molar-refractivity contribution in [3.63, 3.8) is 0 Å². The van der Waals surface area contributed by atoms with E-state index in [9.17, 15) is 4.79 Å². The van der Waals surface area contributed by atoms with E-state index in [1.807, 2.05) is 6.07 Å². The van der Waals surface area contributed by atoms with Crippen molar-refractivity contribution in [1.82, 2.24) is 10.2 Å². The molecule has 4 heteroatoms. The Hall–Kier alpha value is -2.36. The third-order valence-electron chi connectivity index (χ3n) is 6.04. The zero-order valence-corrected chi connectivity index (χ0v) is 17.9. The molecule has 0 fully saturated rings. The van der Waals surface area contributed by atoms with Crippen LogP contribution in [0.4, 0.5) is 5.82 Å². The molecule has 0 amide bonds. The Kier molecular flexibility index (Phi) is 4.11. The molecule has 0 spiro atoms. The van der Waals surface area contributed by atoms with Crippen LogP contribution in [0, 0.1) is 10.8 Å². The van der Waals surface area contributed by atoms with Crippen LogP contribution >= 0.6 is 0 Å². The SMILES string of the molecule is CC(C)(C)Cc1[nH]nc2c1[C@@](C)(c1ccccc1)C1=C(CC(C)(C)CC1=O)N2. The number of benzene rings is 1. The van der Waals surface area contributed by atoms with Crippen molar-refractivity contribution < 1.29 is 4.79 Å². The number of aromatic nitrogens is 2. The van der Waals surface area contributed by atoms with Crippen LogP contribution in [-0.4, -0.2) is 16.0 Å². The fourth-order valence-electron chi connectivity index (χ4n) is 5.00. The van der Waals surface area contributed by atoms with Gasteiger partial charge in [-0.3, -0.25) is 9.89 Å². The molecule has 28 heavy (non-hydrogen) atoms. The summed E-state index contributed by atoms with van der Waals surface area (Å²) in [6.45, 7) is 13.2. The Morgan fingerprint density at radius 3 is 2.39 bits per heavy atom. The molecule has 0 saturated carbocycles. The molecule has 2 heterocycles. The highest BCUT2D eigenvalue weighted by atomic mass is 16.1. The van der Waals surface area contributed by atoms with Gasteiger partial charge in [0.25, 0.3) is 0 Å². The van der Waals surface area contributed by atoms with E-state index < -0.39 is 5.41 Å². The molecular weight excluding hydrogens is 346 g/mol. The fraction of sp³-hybridized carbons (Fsp3) is 0.500. The lowest BCUT2D eigenvalue weighted by Crippen LogP contribution is -2.42. The molecule has 2 aromatic rings. The lowest BCUT2D eigenvalue weighted by molar-refractivity contribution is -0.118. The number of fused-ring (bicyclic) bond motifs is 1. The molecule has 0 saturated heterocycles. The van der Waals surface area contributed by atoms with Crippen LogP contribution in [0.3, 0.4) is 0 Å². The molecule has 1 aromatic heterocycles. The molecule has 1 aliphatic carbocycles. The Morgan fingerprint density at radius 2 is 1.75 bits per heavy atom. The molecule has 0 bridgehead atoms. The molecule has 1 atom stereocenters. The second-order valence-corrected chi connectivity index (χ2v) is 10.6. The van der Waals surface area contributed by atoms with E-state index in [2.05, 4.69) is 81.3 Å². The summed E-state index contributed by atoms with van der Waals surface area (Å²) in [6, 6.07) is 10.4. The average molecular weight is 378 g/mol. The lowest BCUT2D eigenvalue weighted by Gasteiger charge is -2.44. The summed E-state index contributed by atoms with van der Waals surface area (Å²) in [5.41, 5.74) is 4.92. The first-order valence-corrected chi connectivity index (χ1v) is 10.2. The molecule has 4 rings (SSSR count). The number of carbonyl (C=O) groups excluding carboxylic acids is 1. The minimum atomic E-state index is -0.502. The summed E-state index contributed by atoms with van der Waals surface area (Å²) < 4.78 is 0. The molecule has 2 N–H and O–H groups in total. The predicted molar refractivity (Wildman–Crippen MR) is 113 cm³/mol. The number of hydrogen-bond donors (Lipinski definition) is 2. The van der Waals surface area contributed by atoms with Crippen molar-refractivity contribution in [2.45, 2.75) is 66.2 Å². The highest BCUT2D eigenvalue weighted by Gasteiger charge is 2.49. The number of hydrogen-bond acceptors (Lipinski definition) is 3. The molecule has 148 valence electrons. The molecule has 1 aromatic carbocycles. The monoisotopic (exact) mass is 377 g/mol. The highest BCUT2D eigenvalue weighted by molar-refractivity contribution is 6.02. The van der Waals surface area contributed by atoms with E-state index >= 15 is 0 Å². The summed E-state index contributed by atoms with van der Waals surface area (Å²) in [5.74, 6) is 1.12. The maximum Gasteiger partial charge on any atom is 0.162 e. The van der Waals surface area contributed by atoms with Gasteiger partial charge in [0.1, 0.15) is 0 Å². The summed E-state index contributed by atoms with van der Waals surface area (Å²) in [5, 5.41) is 11.5. The number of ketones is 1. The van der Waals surface area contributed by atoms with Crippen LogP contribution in [0.25, 0.3) is 0 Å². The van der Waals surface area contributed by atoms with E-state index in [1.165, 1.54) is 0 Å². The number of nitrogens with zero attached hydrogens (tertiary/aromatic N) is 1. The van der Waals surface area contributed by atoms with Gasteiger partial charge in [0, 0.05) is 28.9 Å². The van der Waals surface area contributed by atoms with Gasteiger partial charge in [0.2, 0.25) is 0 Å². The van der Waals surface area contributed by atoms with Crippen molar-refractivity contribution in [3.05, 3.63) is 58.4 Å². The number of allylic oxidation sites excluding steroid dienone is 2. The number of carbonyl (C=O) groups is 1. The quantitative estimate of drug-likeness (QED) is 0.739. The van der Waals surface area contributed by atoms with Gasteiger partial charge in [0.05, 0.1) is 5.41 Å². The number of Topliss-reactive ketones (excluding diaryl/α,β-unsaturated/α-hetero) is 1. The zero-order valence-electron chi connectivity index (χ0n) is 17.9. The van der Waals surface area contributed by atoms with Gasteiger partial charge >= 0.3 is 0 Å². The van der Waals surface area contributed by atoms with Crippen molar-refractivity contribution in [2.24, 2.45) is 10.8 Å². The van der Waals surface area contributed by atoms with Gasteiger partial charge in [-0.25, -0.2) is 0 Å². The fourth-order valence-corrected chi connectivity index (χ4v) is 5.00. The van der Waals surface area contributed by atoms with E-state index in [4.69, 9.17) is 0 Å². The van der Waals surface area contributed by atoms with Crippen LogP contribution in [-0.2, 0) is 16.6 Å². The van der Waals surface area contributed by atoms with Crippen LogP contribution in [0.5, 0.6) is 0 Å². The van der Waals surface area contributed by atoms with E-state index in [1.54, 1.807) is 0 Å². The zero-order chi connectivity index (χ0) is 20.3. The minimum Gasteiger partial charge on any atom is -0.342 e. The number of nitrogens with one attached hydrogen (secondary N) is 2.